The Morgan fingerprint density at radius 3 is 2.16 bits per heavy atom. The summed E-state index contributed by atoms with van der Waals surface area (Å²) < 4.78 is 9.99. The van der Waals surface area contributed by atoms with Crippen LogP contribution in [0.15, 0.2) is 0 Å². The van der Waals surface area contributed by atoms with Gasteiger partial charge in [0.25, 0.3) is 5.78 Å². The van der Waals surface area contributed by atoms with Crippen molar-refractivity contribution >= 4 is 23.4 Å². The van der Waals surface area contributed by atoms with Crippen LogP contribution in [0.4, 0.5) is 0 Å². The van der Waals surface area contributed by atoms with E-state index in [4.69, 9.17) is 21.1 Å². The molecule has 0 aliphatic heterocycles. The monoisotopic (exact) mass is 284 g/mol. The first-order valence-corrected chi connectivity index (χ1v) is 6.29. The lowest BCUT2D eigenvalue weighted by Crippen LogP contribution is -2.20. The van der Waals surface area contributed by atoms with Crippen LogP contribution in [0.2, 0.25) is 5.02 Å². The van der Waals surface area contributed by atoms with E-state index in [1.165, 1.54) is 7.11 Å². The topological polar surface area (TPSA) is 52.6 Å². The summed E-state index contributed by atoms with van der Waals surface area (Å²) in [5.74, 6) is -1.26. The van der Waals surface area contributed by atoms with Crippen LogP contribution in [0.1, 0.15) is 34.0 Å². The molecule has 0 atom stereocenters. The molecule has 104 valence electrons. The van der Waals surface area contributed by atoms with E-state index in [2.05, 4.69) is 0 Å². The zero-order valence-electron chi connectivity index (χ0n) is 11.7. The van der Waals surface area contributed by atoms with Gasteiger partial charge in [0, 0.05) is 5.02 Å². The van der Waals surface area contributed by atoms with Crippen LogP contribution in [-0.2, 0) is 9.53 Å². The molecule has 0 amide bonds. The predicted octanol–water partition coefficient (Wildman–Crippen LogP) is 3.02. The molecule has 0 aromatic heterocycles. The Morgan fingerprint density at radius 2 is 1.68 bits per heavy atom. The minimum Gasteiger partial charge on any atom is -0.496 e. The zero-order valence-corrected chi connectivity index (χ0v) is 12.5. The number of ether oxygens (including phenoxy) is 2. The van der Waals surface area contributed by atoms with E-state index < -0.39 is 11.8 Å². The third-order valence-corrected chi connectivity index (χ3v) is 3.62. The molecule has 0 radical (unpaired) electrons. The Bertz CT molecular complexity index is 535. The predicted molar refractivity (Wildman–Crippen MR) is 73.2 cm³/mol. The maximum absolute atomic E-state index is 12.1. The van der Waals surface area contributed by atoms with Gasteiger partial charge in [-0.25, -0.2) is 4.79 Å². The molecule has 0 N–H and O–H groups in total. The Hall–Kier alpha value is -1.55. The number of Topliss-reactive ketones (excluding diaryl/α,β-unsaturated/α-hetero) is 1. The SMILES string of the molecule is CCOC(=O)C(=O)c1c(C)c(Cl)c(C)c(C)c1OC. The van der Waals surface area contributed by atoms with Crippen molar-refractivity contribution in [2.24, 2.45) is 0 Å². The van der Waals surface area contributed by atoms with Gasteiger partial charge in [-0.3, -0.25) is 4.79 Å². The molecule has 0 aliphatic carbocycles. The molecule has 1 aromatic carbocycles. The minimum absolute atomic E-state index is 0.143. The first-order chi connectivity index (χ1) is 8.86. The summed E-state index contributed by atoms with van der Waals surface area (Å²) >= 11 is 6.18. The standard InChI is InChI=1S/C14H17ClO4/c1-6-19-14(17)12(16)10-9(4)11(15)7(2)8(3)13(10)18-5/h6H2,1-5H3. The average molecular weight is 285 g/mol. The van der Waals surface area contributed by atoms with Gasteiger partial charge in [0.05, 0.1) is 19.3 Å². The highest BCUT2D eigenvalue weighted by Gasteiger charge is 2.27. The van der Waals surface area contributed by atoms with Gasteiger partial charge >= 0.3 is 5.97 Å². The largest absolute Gasteiger partial charge is 0.496 e. The molecule has 0 heterocycles. The van der Waals surface area contributed by atoms with Gasteiger partial charge < -0.3 is 9.47 Å². The van der Waals surface area contributed by atoms with E-state index in [-0.39, 0.29) is 12.2 Å². The molecule has 19 heavy (non-hydrogen) atoms. The van der Waals surface area contributed by atoms with E-state index in [1.54, 1.807) is 20.8 Å². The number of carbonyl (C=O) groups excluding carboxylic acids is 2. The summed E-state index contributed by atoms with van der Waals surface area (Å²) in [6.45, 7) is 7.10. The number of esters is 1. The van der Waals surface area contributed by atoms with Gasteiger partial charge in [-0.15, -0.1) is 0 Å². The highest BCUT2D eigenvalue weighted by atomic mass is 35.5. The van der Waals surface area contributed by atoms with Crippen molar-refractivity contribution < 1.29 is 19.1 Å². The Morgan fingerprint density at radius 1 is 1.11 bits per heavy atom. The van der Waals surface area contributed by atoms with Gasteiger partial charge in [-0.1, -0.05) is 11.6 Å². The van der Waals surface area contributed by atoms with Crippen molar-refractivity contribution in [2.75, 3.05) is 13.7 Å². The third-order valence-electron chi connectivity index (χ3n) is 3.06. The third kappa shape index (κ3) is 2.73. The molecule has 5 heteroatoms. The molecule has 4 nitrogen and oxygen atoms in total. The van der Waals surface area contributed by atoms with Crippen LogP contribution in [0.25, 0.3) is 0 Å². The molecule has 0 bridgehead atoms. The summed E-state index contributed by atoms with van der Waals surface area (Å²) in [5, 5.41) is 0.464. The molecule has 0 saturated heterocycles. The molecule has 1 aromatic rings. The number of methoxy groups -OCH3 is 1. The van der Waals surface area contributed by atoms with Gasteiger partial charge in [0.1, 0.15) is 5.75 Å². The fraction of sp³-hybridized carbons (Fsp3) is 0.429. The number of carbonyl (C=O) groups is 2. The minimum atomic E-state index is -0.900. The lowest BCUT2D eigenvalue weighted by atomic mass is 9.96. The fourth-order valence-corrected chi connectivity index (χ4v) is 2.15. The smallest absolute Gasteiger partial charge is 0.379 e. The van der Waals surface area contributed by atoms with Crippen molar-refractivity contribution in [3.63, 3.8) is 0 Å². The summed E-state index contributed by atoms with van der Waals surface area (Å²) in [6, 6.07) is 0. The highest BCUT2D eigenvalue weighted by molar-refractivity contribution is 6.43. The summed E-state index contributed by atoms with van der Waals surface area (Å²) in [6.07, 6.45) is 0. The van der Waals surface area contributed by atoms with E-state index >= 15 is 0 Å². The number of rotatable bonds is 4. The van der Waals surface area contributed by atoms with Crippen molar-refractivity contribution in [1.82, 2.24) is 0 Å². The number of benzene rings is 1. The summed E-state index contributed by atoms with van der Waals surface area (Å²) in [4.78, 5) is 23.7. The molecule has 0 unspecified atom stereocenters. The molecular weight excluding hydrogens is 268 g/mol. The number of hydrogen-bond donors (Lipinski definition) is 0. The molecular formula is C14H17ClO4. The number of ketones is 1. The van der Waals surface area contributed by atoms with Crippen molar-refractivity contribution in [1.29, 1.82) is 0 Å². The highest BCUT2D eigenvalue weighted by Crippen LogP contribution is 2.36. The van der Waals surface area contributed by atoms with Gasteiger partial charge in [0.15, 0.2) is 0 Å². The van der Waals surface area contributed by atoms with Crippen LogP contribution >= 0.6 is 11.6 Å². The van der Waals surface area contributed by atoms with Crippen molar-refractivity contribution in [3.8, 4) is 5.75 Å². The Labute approximate surface area is 117 Å². The van der Waals surface area contributed by atoms with E-state index in [9.17, 15) is 9.59 Å². The van der Waals surface area contributed by atoms with Crippen LogP contribution in [0.3, 0.4) is 0 Å². The first kappa shape index (κ1) is 15.5. The average Bonchev–Trinajstić information content (AvgIpc) is 2.39. The van der Waals surface area contributed by atoms with E-state index in [1.807, 2.05) is 6.92 Å². The molecule has 0 spiro atoms. The second-order valence-corrected chi connectivity index (χ2v) is 4.52. The number of hydrogen-bond acceptors (Lipinski definition) is 4. The zero-order chi connectivity index (χ0) is 14.7. The molecule has 0 fully saturated rings. The van der Waals surface area contributed by atoms with Crippen LogP contribution in [0, 0.1) is 20.8 Å². The lowest BCUT2D eigenvalue weighted by molar-refractivity contribution is -0.137. The molecule has 0 saturated carbocycles. The van der Waals surface area contributed by atoms with Gasteiger partial charge in [-0.05, 0) is 44.4 Å². The van der Waals surface area contributed by atoms with Crippen LogP contribution in [0.5, 0.6) is 5.75 Å². The second kappa shape index (κ2) is 6.06. The number of halogens is 1. The fourth-order valence-electron chi connectivity index (χ4n) is 1.91. The second-order valence-electron chi connectivity index (χ2n) is 4.15. The molecule has 1 rings (SSSR count). The van der Waals surface area contributed by atoms with E-state index in [0.29, 0.717) is 16.3 Å². The maximum atomic E-state index is 12.1. The quantitative estimate of drug-likeness (QED) is 0.484. The van der Waals surface area contributed by atoms with Gasteiger partial charge in [-0.2, -0.15) is 0 Å². The maximum Gasteiger partial charge on any atom is 0.379 e. The van der Waals surface area contributed by atoms with Gasteiger partial charge in [0.2, 0.25) is 0 Å². The van der Waals surface area contributed by atoms with Crippen LogP contribution in [-0.4, -0.2) is 25.5 Å². The van der Waals surface area contributed by atoms with E-state index in [0.717, 1.165) is 11.1 Å². The summed E-state index contributed by atoms with van der Waals surface area (Å²) in [7, 11) is 1.46. The van der Waals surface area contributed by atoms with Crippen molar-refractivity contribution in [3.05, 3.63) is 27.3 Å². The summed E-state index contributed by atoms with van der Waals surface area (Å²) in [5.41, 5.74) is 2.27. The van der Waals surface area contributed by atoms with Crippen LogP contribution < -0.4 is 4.74 Å². The normalized spacial score (nSPS) is 10.2. The van der Waals surface area contributed by atoms with Crippen molar-refractivity contribution in [2.45, 2.75) is 27.7 Å². The first-order valence-electron chi connectivity index (χ1n) is 5.91. The Balaban J connectivity index is 3.50. The Kier molecular flexibility index (Phi) is 4.95. The lowest BCUT2D eigenvalue weighted by Gasteiger charge is -2.17. The molecule has 0 aliphatic rings.